The smallest absolute Gasteiger partial charge is 0.282 e. The third-order valence-corrected chi connectivity index (χ3v) is 5.86. The summed E-state index contributed by atoms with van der Waals surface area (Å²) in [7, 11) is -3.55. The first-order valence-electron chi connectivity index (χ1n) is 7.49. The Bertz CT molecular complexity index is 713. The molecule has 2 fully saturated rings. The molecule has 2 aliphatic rings. The van der Waals surface area contributed by atoms with E-state index in [1.807, 2.05) is 0 Å². The predicted molar refractivity (Wildman–Crippen MR) is 81.2 cm³/mol. The summed E-state index contributed by atoms with van der Waals surface area (Å²) in [6, 6.07) is 1.35. The highest BCUT2D eigenvalue weighted by Crippen LogP contribution is 2.23. The van der Waals surface area contributed by atoms with Gasteiger partial charge in [0, 0.05) is 32.2 Å². The molecule has 0 amide bonds. The van der Waals surface area contributed by atoms with Gasteiger partial charge in [0.15, 0.2) is 0 Å². The molecule has 2 aliphatic heterocycles. The molecule has 1 atom stereocenters. The zero-order valence-corrected chi connectivity index (χ0v) is 13.7. The van der Waals surface area contributed by atoms with Crippen LogP contribution in [0, 0.1) is 6.92 Å². The van der Waals surface area contributed by atoms with Crippen molar-refractivity contribution < 1.29 is 17.9 Å². The Hall–Kier alpha value is -1.33. The van der Waals surface area contributed by atoms with Gasteiger partial charge in [0.25, 0.3) is 15.8 Å². The number of aromatic nitrogens is 2. The number of nitrogens with zero attached hydrogens (tertiary/aromatic N) is 3. The van der Waals surface area contributed by atoms with Crippen LogP contribution in [0.5, 0.6) is 0 Å². The SMILES string of the molecule is Cc1nc([C@@H]2CN(S(=O)(=O)N3CCOCC3)CCO2)cc(=O)[nH]1. The Kier molecular flexibility index (Phi) is 4.78. The summed E-state index contributed by atoms with van der Waals surface area (Å²) in [6.45, 7) is 3.90. The standard InChI is InChI=1S/C13H20N4O5S/c1-10-14-11(8-13(18)15-10)12-9-17(4-7-22-12)23(19,20)16-2-5-21-6-3-16/h8,12H,2-7,9H2,1H3,(H,14,15,18)/t12-/m0/s1. The van der Waals surface area contributed by atoms with Crippen molar-refractivity contribution in [1.82, 2.24) is 18.6 Å². The van der Waals surface area contributed by atoms with Crippen LogP contribution in [-0.4, -0.2) is 73.0 Å². The molecule has 0 unspecified atom stereocenters. The van der Waals surface area contributed by atoms with E-state index in [4.69, 9.17) is 9.47 Å². The van der Waals surface area contributed by atoms with Crippen molar-refractivity contribution in [3.63, 3.8) is 0 Å². The van der Waals surface area contributed by atoms with Crippen molar-refractivity contribution >= 4 is 10.2 Å². The van der Waals surface area contributed by atoms with Gasteiger partial charge in [-0.15, -0.1) is 0 Å². The molecule has 2 saturated heterocycles. The molecule has 0 radical (unpaired) electrons. The fourth-order valence-electron chi connectivity index (χ4n) is 2.72. The van der Waals surface area contributed by atoms with Gasteiger partial charge in [-0.25, -0.2) is 4.98 Å². The van der Waals surface area contributed by atoms with Crippen LogP contribution in [0.25, 0.3) is 0 Å². The van der Waals surface area contributed by atoms with E-state index in [1.54, 1.807) is 6.92 Å². The topological polar surface area (TPSA) is 105 Å². The maximum absolute atomic E-state index is 12.7. The van der Waals surface area contributed by atoms with Crippen LogP contribution in [0.2, 0.25) is 0 Å². The second-order valence-electron chi connectivity index (χ2n) is 5.49. The average molecular weight is 344 g/mol. The summed E-state index contributed by atoms with van der Waals surface area (Å²) >= 11 is 0. The summed E-state index contributed by atoms with van der Waals surface area (Å²) in [5.41, 5.74) is 0.178. The lowest BCUT2D eigenvalue weighted by atomic mass is 10.2. The number of nitrogens with one attached hydrogen (secondary N) is 1. The molecule has 23 heavy (non-hydrogen) atoms. The highest BCUT2D eigenvalue weighted by Gasteiger charge is 2.35. The average Bonchev–Trinajstić information content (AvgIpc) is 2.55. The summed E-state index contributed by atoms with van der Waals surface area (Å²) in [4.78, 5) is 18.4. The van der Waals surface area contributed by atoms with Crippen molar-refractivity contribution in [2.45, 2.75) is 13.0 Å². The van der Waals surface area contributed by atoms with Crippen molar-refractivity contribution in [2.75, 3.05) is 46.0 Å². The molecular weight excluding hydrogens is 324 g/mol. The van der Waals surface area contributed by atoms with E-state index in [1.165, 1.54) is 14.7 Å². The number of ether oxygens (including phenoxy) is 2. The van der Waals surface area contributed by atoms with Gasteiger partial charge in [-0.05, 0) is 6.92 Å². The summed E-state index contributed by atoms with van der Waals surface area (Å²) < 4.78 is 39.1. The number of hydrogen-bond acceptors (Lipinski definition) is 6. The minimum atomic E-state index is -3.55. The monoisotopic (exact) mass is 344 g/mol. The second-order valence-corrected chi connectivity index (χ2v) is 7.42. The molecule has 3 heterocycles. The molecule has 128 valence electrons. The van der Waals surface area contributed by atoms with Gasteiger partial charge in [-0.3, -0.25) is 4.79 Å². The van der Waals surface area contributed by atoms with Gasteiger partial charge >= 0.3 is 0 Å². The van der Waals surface area contributed by atoms with E-state index in [0.29, 0.717) is 44.4 Å². The Morgan fingerprint density at radius 3 is 2.61 bits per heavy atom. The van der Waals surface area contributed by atoms with E-state index < -0.39 is 16.3 Å². The number of aryl methyl sites for hydroxylation is 1. The van der Waals surface area contributed by atoms with Crippen molar-refractivity contribution in [2.24, 2.45) is 0 Å². The fraction of sp³-hybridized carbons (Fsp3) is 0.692. The third kappa shape index (κ3) is 3.61. The van der Waals surface area contributed by atoms with E-state index in [-0.39, 0.29) is 18.7 Å². The first-order chi connectivity index (χ1) is 11.0. The van der Waals surface area contributed by atoms with Crippen LogP contribution in [0.15, 0.2) is 10.9 Å². The Morgan fingerprint density at radius 1 is 1.22 bits per heavy atom. The quantitative estimate of drug-likeness (QED) is 0.756. The van der Waals surface area contributed by atoms with E-state index in [9.17, 15) is 13.2 Å². The van der Waals surface area contributed by atoms with Gasteiger partial charge < -0.3 is 14.5 Å². The summed E-state index contributed by atoms with van der Waals surface area (Å²) in [5, 5.41) is 0. The fourth-order valence-corrected chi connectivity index (χ4v) is 4.29. The van der Waals surface area contributed by atoms with Crippen molar-refractivity contribution in [3.8, 4) is 0 Å². The first-order valence-corrected chi connectivity index (χ1v) is 8.89. The second kappa shape index (κ2) is 6.65. The maximum Gasteiger partial charge on any atom is 0.282 e. The van der Waals surface area contributed by atoms with E-state index in [2.05, 4.69) is 9.97 Å². The lowest BCUT2D eigenvalue weighted by Crippen LogP contribution is -2.52. The maximum atomic E-state index is 12.7. The molecule has 1 aromatic rings. The summed E-state index contributed by atoms with van der Waals surface area (Å²) in [6.07, 6.45) is -0.541. The van der Waals surface area contributed by atoms with Gasteiger partial charge in [-0.2, -0.15) is 17.0 Å². The van der Waals surface area contributed by atoms with Crippen molar-refractivity contribution in [3.05, 3.63) is 27.9 Å². The Labute approximate surface area is 134 Å². The highest BCUT2D eigenvalue weighted by atomic mass is 32.2. The van der Waals surface area contributed by atoms with Crippen LogP contribution in [0.3, 0.4) is 0 Å². The van der Waals surface area contributed by atoms with Crippen molar-refractivity contribution in [1.29, 1.82) is 0 Å². The first kappa shape index (κ1) is 16.5. The molecule has 0 saturated carbocycles. The number of hydrogen-bond donors (Lipinski definition) is 1. The normalized spacial score (nSPS) is 24.7. The molecule has 3 rings (SSSR count). The summed E-state index contributed by atoms with van der Waals surface area (Å²) in [5.74, 6) is 0.476. The lowest BCUT2D eigenvalue weighted by molar-refractivity contribution is -0.00864. The molecule has 0 aliphatic carbocycles. The molecule has 1 aromatic heterocycles. The highest BCUT2D eigenvalue weighted by molar-refractivity contribution is 7.86. The van der Waals surface area contributed by atoms with Crippen LogP contribution in [0.1, 0.15) is 17.6 Å². The van der Waals surface area contributed by atoms with Crippen LogP contribution in [-0.2, 0) is 19.7 Å². The van der Waals surface area contributed by atoms with Gasteiger partial charge in [0.2, 0.25) is 0 Å². The van der Waals surface area contributed by atoms with Gasteiger partial charge in [0.1, 0.15) is 11.9 Å². The van der Waals surface area contributed by atoms with Gasteiger partial charge in [-0.1, -0.05) is 0 Å². The zero-order chi connectivity index (χ0) is 16.4. The number of aromatic amines is 1. The third-order valence-electron chi connectivity index (χ3n) is 3.86. The van der Waals surface area contributed by atoms with Gasteiger partial charge in [0.05, 0.1) is 25.5 Å². The molecular formula is C13H20N4O5S. The zero-order valence-electron chi connectivity index (χ0n) is 12.9. The number of H-pyrrole nitrogens is 1. The molecule has 0 bridgehead atoms. The Balaban J connectivity index is 1.78. The predicted octanol–water partition coefficient (Wildman–Crippen LogP) is -0.971. The minimum Gasteiger partial charge on any atom is -0.379 e. The Morgan fingerprint density at radius 2 is 1.91 bits per heavy atom. The molecule has 0 spiro atoms. The van der Waals surface area contributed by atoms with Crippen LogP contribution in [0.4, 0.5) is 0 Å². The van der Waals surface area contributed by atoms with E-state index in [0.717, 1.165) is 0 Å². The number of rotatable bonds is 3. The minimum absolute atomic E-state index is 0.148. The lowest BCUT2D eigenvalue weighted by Gasteiger charge is -2.36. The van der Waals surface area contributed by atoms with Crippen LogP contribution >= 0.6 is 0 Å². The van der Waals surface area contributed by atoms with Crippen LogP contribution < -0.4 is 5.56 Å². The molecule has 1 N–H and O–H groups in total. The largest absolute Gasteiger partial charge is 0.379 e. The molecule has 9 nitrogen and oxygen atoms in total. The molecule has 10 heteroatoms. The van der Waals surface area contributed by atoms with E-state index >= 15 is 0 Å². The number of morpholine rings is 2. The molecule has 0 aromatic carbocycles.